The summed E-state index contributed by atoms with van der Waals surface area (Å²) < 4.78 is 12.9. The summed E-state index contributed by atoms with van der Waals surface area (Å²) in [5.41, 5.74) is 11.3. The van der Waals surface area contributed by atoms with Crippen LogP contribution in [0.15, 0.2) is 18.5 Å². The van der Waals surface area contributed by atoms with Crippen molar-refractivity contribution in [1.82, 2.24) is 14.6 Å². The van der Waals surface area contributed by atoms with Crippen LogP contribution in [-0.4, -0.2) is 73.7 Å². The minimum atomic E-state index is -1.41. The molecule has 3 heterocycles. The van der Waals surface area contributed by atoms with Crippen LogP contribution in [0.3, 0.4) is 0 Å². The Hall–Kier alpha value is -2.64. The van der Waals surface area contributed by atoms with Gasteiger partial charge in [-0.25, -0.2) is 9.50 Å². The first-order valence-corrected chi connectivity index (χ1v) is 11.2. The van der Waals surface area contributed by atoms with Crippen molar-refractivity contribution in [2.24, 2.45) is 23.3 Å². The molecule has 2 aromatic heterocycles. The lowest BCUT2D eigenvalue weighted by Gasteiger charge is -2.28. The van der Waals surface area contributed by atoms with Crippen molar-refractivity contribution in [3.8, 4) is 0 Å². The first kappa shape index (κ1) is 26.0. The van der Waals surface area contributed by atoms with E-state index >= 15 is 0 Å². The number of amides is 1. The van der Waals surface area contributed by atoms with Crippen LogP contribution in [-0.2, 0) is 24.7 Å². The highest BCUT2D eigenvalue weighted by molar-refractivity contribution is 5.97. The van der Waals surface area contributed by atoms with Crippen LogP contribution in [0, 0.1) is 11.8 Å². The summed E-state index contributed by atoms with van der Waals surface area (Å²) in [4.78, 5) is 29.0. The summed E-state index contributed by atoms with van der Waals surface area (Å²) in [6.45, 7) is 8.34. The van der Waals surface area contributed by atoms with Gasteiger partial charge in [0.25, 0.3) is 0 Å². The molecular formula is C22H34N6O6. The Bertz CT molecular complexity index is 1040. The largest absolute Gasteiger partial charge is 0.455 e. The van der Waals surface area contributed by atoms with E-state index in [-0.39, 0.29) is 17.7 Å². The Labute approximate surface area is 197 Å². The number of carbonyl (C=O) groups excluding carboxylic acids is 2. The molecule has 6 atom stereocenters. The minimum Gasteiger partial charge on any atom is -0.455 e. The summed E-state index contributed by atoms with van der Waals surface area (Å²) in [5.74, 6) is -1.09. The molecule has 0 radical (unpaired) electrons. The van der Waals surface area contributed by atoms with Gasteiger partial charge in [-0.3, -0.25) is 9.59 Å². The Balaban J connectivity index is 1.93. The second kappa shape index (κ2) is 9.92. The second-order valence-electron chi connectivity index (χ2n) is 9.45. The molecule has 0 aliphatic carbocycles. The number of anilines is 1. The van der Waals surface area contributed by atoms with Crippen molar-refractivity contribution < 1.29 is 29.3 Å². The molecule has 0 aromatic carbocycles. The molecule has 0 bridgehead atoms. The number of aliphatic hydroxyl groups is 2. The molecule has 1 aliphatic heterocycles. The molecule has 0 spiro atoms. The van der Waals surface area contributed by atoms with E-state index < -0.39 is 54.5 Å². The molecule has 2 aromatic rings. The van der Waals surface area contributed by atoms with Crippen molar-refractivity contribution in [3.05, 3.63) is 24.2 Å². The summed E-state index contributed by atoms with van der Waals surface area (Å²) >= 11 is 0. The maximum Gasteiger partial charge on any atom is 0.323 e. The van der Waals surface area contributed by atoms with Crippen LogP contribution in [0.4, 0.5) is 5.82 Å². The predicted octanol–water partition coefficient (Wildman–Crippen LogP) is -0.487. The van der Waals surface area contributed by atoms with E-state index in [1.54, 1.807) is 32.9 Å². The molecule has 1 amide bonds. The van der Waals surface area contributed by atoms with Gasteiger partial charge in [0.1, 0.15) is 35.7 Å². The van der Waals surface area contributed by atoms with Crippen LogP contribution in [0.25, 0.3) is 5.52 Å². The van der Waals surface area contributed by atoms with Crippen molar-refractivity contribution in [2.75, 3.05) is 11.9 Å². The fourth-order valence-electron chi connectivity index (χ4n) is 3.85. The molecule has 0 saturated carbocycles. The number of nitrogens with one attached hydrogen (secondary N) is 1. The normalized spacial score (nSPS) is 26.7. The zero-order valence-electron chi connectivity index (χ0n) is 20.0. The fourth-order valence-corrected chi connectivity index (χ4v) is 3.85. The van der Waals surface area contributed by atoms with E-state index in [1.165, 1.54) is 10.8 Å². The maximum absolute atomic E-state index is 12.4. The van der Waals surface area contributed by atoms with E-state index in [1.807, 2.05) is 13.8 Å². The van der Waals surface area contributed by atoms with E-state index in [0.29, 0.717) is 11.2 Å². The standard InChI is InChI=1S/C22H34N6O6/c1-10(2)15(23)20(31)27-19-12-6-7-14(28(12)26-9-25-19)22(5)18(30)17(13(8-29)34-22)33-21(32)16(24)11(3)4/h6-7,9-11,13,15-18,29-30H,8,23-24H2,1-5H3,(H,25,26,27,31)/t13-,15+,16+,17-,18-,22+/m1/s1. The van der Waals surface area contributed by atoms with Crippen LogP contribution < -0.4 is 16.8 Å². The number of fused-ring (bicyclic) bond motifs is 1. The predicted molar refractivity (Wildman–Crippen MR) is 122 cm³/mol. The Kier molecular flexibility index (Phi) is 7.58. The number of ether oxygens (including phenoxy) is 2. The summed E-state index contributed by atoms with van der Waals surface area (Å²) in [5, 5.41) is 28.0. The molecule has 12 heteroatoms. The molecule has 34 heavy (non-hydrogen) atoms. The smallest absolute Gasteiger partial charge is 0.323 e. The highest BCUT2D eigenvalue weighted by Gasteiger charge is 2.56. The van der Waals surface area contributed by atoms with Crippen molar-refractivity contribution in [1.29, 1.82) is 0 Å². The second-order valence-corrected chi connectivity index (χ2v) is 9.45. The van der Waals surface area contributed by atoms with Gasteiger partial charge in [-0.2, -0.15) is 5.10 Å². The van der Waals surface area contributed by atoms with E-state index in [2.05, 4.69) is 15.4 Å². The number of nitrogens with zero attached hydrogens (tertiary/aromatic N) is 3. The van der Waals surface area contributed by atoms with Crippen molar-refractivity contribution in [2.45, 2.75) is 70.6 Å². The number of aliphatic hydroxyl groups excluding tert-OH is 2. The number of hydrogen-bond acceptors (Lipinski definition) is 10. The highest BCUT2D eigenvalue weighted by Crippen LogP contribution is 2.41. The average Bonchev–Trinajstić information content (AvgIpc) is 3.34. The highest BCUT2D eigenvalue weighted by atomic mass is 16.6. The maximum atomic E-state index is 12.4. The van der Waals surface area contributed by atoms with Gasteiger partial charge >= 0.3 is 5.97 Å². The summed E-state index contributed by atoms with van der Waals surface area (Å²) in [6.07, 6.45) is -2.23. The van der Waals surface area contributed by atoms with Gasteiger partial charge in [-0.1, -0.05) is 27.7 Å². The Morgan fingerprint density at radius 1 is 1.24 bits per heavy atom. The molecule has 1 saturated heterocycles. The Morgan fingerprint density at radius 3 is 2.47 bits per heavy atom. The van der Waals surface area contributed by atoms with Crippen LogP contribution >= 0.6 is 0 Å². The number of hydrogen-bond donors (Lipinski definition) is 5. The molecule has 3 rings (SSSR count). The summed E-state index contributed by atoms with van der Waals surface area (Å²) in [7, 11) is 0. The lowest BCUT2D eigenvalue weighted by molar-refractivity contribution is -0.159. The monoisotopic (exact) mass is 478 g/mol. The van der Waals surface area contributed by atoms with Gasteiger partial charge in [0.05, 0.1) is 18.3 Å². The average molecular weight is 479 g/mol. The van der Waals surface area contributed by atoms with Gasteiger partial charge in [-0.15, -0.1) is 0 Å². The van der Waals surface area contributed by atoms with Gasteiger partial charge in [0.15, 0.2) is 11.9 Å². The van der Waals surface area contributed by atoms with E-state index in [0.717, 1.165) is 0 Å². The molecule has 1 aliphatic rings. The SMILES string of the molecule is CC(C)[C@H](N)C(=O)Nc1ncnn2c([C@]3(C)O[C@H](CO)[C@@H](OC(=O)[C@@H](N)C(C)C)[C@H]3O)ccc12. The van der Waals surface area contributed by atoms with E-state index in [9.17, 15) is 19.8 Å². The van der Waals surface area contributed by atoms with E-state index in [4.69, 9.17) is 20.9 Å². The number of nitrogens with two attached hydrogens (primary N) is 2. The first-order chi connectivity index (χ1) is 15.9. The van der Waals surface area contributed by atoms with Gasteiger partial charge < -0.3 is 36.5 Å². The lowest BCUT2D eigenvalue weighted by Crippen LogP contribution is -2.46. The van der Waals surface area contributed by atoms with Crippen LogP contribution in [0.5, 0.6) is 0 Å². The number of carbonyl (C=O) groups is 2. The number of rotatable bonds is 8. The molecular weight excluding hydrogens is 444 g/mol. The van der Waals surface area contributed by atoms with Crippen LogP contribution in [0.1, 0.15) is 40.3 Å². The third kappa shape index (κ3) is 4.64. The third-order valence-corrected chi connectivity index (χ3v) is 6.28. The van der Waals surface area contributed by atoms with Gasteiger partial charge in [0, 0.05) is 0 Å². The first-order valence-electron chi connectivity index (χ1n) is 11.2. The topological polar surface area (TPSA) is 187 Å². The minimum absolute atomic E-state index is 0.0694. The molecule has 12 nitrogen and oxygen atoms in total. The number of esters is 1. The molecule has 7 N–H and O–H groups in total. The number of aromatic nitrogens is 3. The van der Waals surface area contributed by atoms with Gasteiger partial charge in [0.2, 0.25) is 5.91 Å². The molecule has 0 unspecified atom stereocenters. The van der Waals surface area contributed by atoms with Gasteiger partial charge in [-0.05, 0) is 30.9 Å². The third-order valence-electron chi connectivity index (χ3n) is 6.28. The Morgan fingerprint density at radius 2 is 1.88 bits per heavy atom. The zero-order valence-corrected chi connectivity index (χ0v) is 20.0. The zero-order chi connectivity index (χ0) is 25.4. The van der Waals surface area contributed by atoms with Crippen molar-refractivity contribution >= 4 is 23.2 Å². The fraction of sp³-hybridized carbons (Fsp3) is 0.636. The molecule has 188 valence electrons. The summed E-state index contributed by atoms with van der Waals surface area (Å²) in [6, 6.07) is 1.71. The van der Waals surface area contributed by atoms with Crippen LogP contribution in [0.2, 0.25) is 0 Å². The lowest BCUT2D eigenvalue weighted by atomic mass is 9.93. The van der Waals surface area contributed by atoms with Crippen molar-refractivity contribution in [3.63, 3.8) is 0 Å². The quantitative estimate of drug-likeness (QED) is 0.310. The molecule has 1 fully saturated rings.